The van der Waals surface area contributed by atoms with Crippen molar-refractivity contribution in [2.45, 2.75) is 51.0 Å². The number of hydrogen-bond donors (Lipinski definition) is 2. The van der Waals surface area contributed by atoms with E-state index in [4.69, 9.17) is 5.11 Å². The second-order valence-electron chi connectivity index (χ2n) is 4.64. The Morgan fingerprint density at radius 2 is 2.00 bits per heavy atom. The number of urea groups is 1. The topological polar surface area (TPSA) is 52.6 Å². The Kier molecular flexibility index (Phi) is 6.23. The first-order valence-corrected chi connectivity index (χ1v) is 6.36. The highest BCUT2D eigenvalue weighted by Crippen LogP contribution is 2.17. The van der Waals surface area contributed by atoms with E-state index in [1.807, 2.05) is 7.05 Å². The average molecular weight is 228 g/mol. The van der Waals surface area contributed by atoms with Gasteiger partial charge in [-0.25, -0.2) is 4.79 Å². The van der Waals surface area contributed by atoms with Crippen molar-refractivity contribution in [2.75, 3.05) is 20.2 Å². The fourth-order valence-electron chi connectivity index (χ4n) is 2.09. The predicted octanol–water partition coefficient (Wildman–Crippen LogP) is 1.73. The molecule has 1 rings (SSSR count). The van der Waals surface area contributed by atoms with Gasteiger partial charge in [0.25, 0.3) is 0 Å². The predicted molar refractivity (Wildman–Crippen MR) is 64.4 cm³/mol. The standard InChI is InChI=1S/C12H24N2O2/c1-14(9-5-2-6-10-15)12(16)13-11-7-3-4-8-11/h11,15H,2-10H2,1H3,(H,13,16). The van der Waals surface area contributed by atoms with Crippen molar-refractivity contribution in [3.05, 3.63) is 0 Å². The average Bonchev–Trinajstić information content (AvgIpc) is 2.76. The molecule has 0 heterocycles. The van der Waals surface area contributed by atoms with E-state index in [1.54, 1.807) is 4.90 Å². The van der Waals surface area contributed by atoms with Crippen LogP contribution in [0.1, 0.15) is 44.9 Å². The minimum absolute atomic E-state index is 0.0518. The number of aliphatic hydroxyl groups is 1. The van der Waals surface area contributed by atoms with Crippen molar-refractivity contribution in [1.82, 2.24) is 10.2 Å². The van der Waals surface area contributed by atoms with Gasteiger partial charge in [0.2, 0.25) is 0 Å². The highest BCUT2D eigenvalue weighted by Gasteiger charge is 2.18. The summed E-state index contributed by atoms with van der Waals surface area (Å²) in [6.07, 6.45) is 7.52. The molecule has 1 saturated carbocycles. The second kappa shape index (κ2) is 7.49. The molecule has 2 N–H and O–H groups in total. The number of unbranched alkanes of at least 4 members (excludes halogenated alkanes) is 2. The summed E-state index contributed by atoms with van der Waals surface area (Å²) < 4.78 is 0. The lowest BCUT2D eigenvalue weighted by molar-refractivity contribution is 0.203. The molecular formula is C12H24N2O2. The maximum absolute atomic E-state index is 11.7. The summed E-state index contributed by atoms with van der Waals surface area (Å²) in [6.45, 7) is 1.02. The van der Waals surface area contributed by atoms with Gasteiger partial charge >= 0.3 is 6.03 Å². The lowest BCUT2D eigenvalue weighted by Crippen LogP contribution is -2.42. The monoisotopic (exact) mass is 228 g/mol. The third-order valence-electron chi connectivity index (χ3n) is 3.18. The fourth-order valence-corrected chi connectivity index (χ4v) is 2.09. The first-order valence-electron chi connectivity index (χ1n) is 6.36. The SMILES string of the molecule is CN(CCCCCO)C(=O)NC1CCCC1. The Morgan fingerprint density at radius 1 is 1.31 bits per heavy atom. The van der Waals surface area contributed by atoms with Crippen molar-refractivity contribution in [1.29, 1.82) is 0 Å². The number of carbonyl (C=O) groups is 1. The maximum atomic E-state index is 11.7. The Balaban J connectivity index is 2.09. The molecule has 0 atom stereocenters. The molecule has 1 aliphatic rings. The second-order valence-corrected chi connectivity index (χ2v) is 4.64. The van der Waals surface area contributed by atoms with Gasteiger partial charge < -0.3 is 15.3 Å². The van der Waals surface area contributed by atoms with Gasteiger partial charge in [-0.15, -0.1) is 0 Å². The quantitative estimate of drug-likeness (QED) is 0.680. The Bertz CT molecular complexity index is 203. The van der Waals surface area contributed by atoms with E-state index in [-0.39, 0.29) is 12.6 Å². The molecule has 0 saturated heterocycles. The molecule has 4 nitrogen and oxygen atoms in total. The van der Waals surface area contributed by atoms with Crippen LogP contribution in [-0.4, -0.2) is 42.3 Å². The summed E-state index contributed by atoms with van der Waals surface area (Å²) in [5.41, 5.74) is 0. The minimum Gasteiger partial charge on any atom is -0.396 e. The molecule has 1 aliphatic carbocycles. The lowest BCUT2D eigenvalue weighted by Gasteiger charge is -2.20. The first kappa shape index (κ1) is 13.3. The highest BCUT2D eigenvalue weighted by atomic mass is 16.2. The molecule has 1 fully saturated rings. The molecule has 4 heteroatoms. The van der Waals surface area contributed by atoms with Crippen molar-refractivity contribution in [3.8, 4) is 0 Å². The molecule has 0 aliphatic heterocycles. The molecule has 16 heavy (non-hydrogen) atoms. The number of carbonyl (C=O) groups excluding carboxylic acids is 1. The van der Waals surface area contributed by atoms with Crippen LogP contribution in [0.15, 0.2) is 0 Å². The van der Waals surface area contributed by atoms with Crippen LogP contribution in [-0.2, 0) is 0 Å². The van der Waals surface area contributed by atoms with Gasteiger partial charge in [-0.2, -0.15) is 0 Å². The Morgan fingerprint density at radius 3 is 2.62 bits per heavy atom. The zero-order chi connectivity index (χ0) is 11.8. The molecule has 0 unspecified atom stereocenters. The van der Waals surface area contributed by atoms with Gasteiger partial charge in [0.15, 0.2) is 0 Å². The van der Waals surface area contributed by atoms with Crippen molar-refractivity contribution in [2.24, 2.45) is 0 Å². The molecule has 0 aromatic heterocycles. The van der Waals surface area contributed by atoms with Crippen LogP contribution >= 0.6 is 0 Å². The van der Waals surface area contributed by atoms with E-state index in [1.165, 1.54) is 12.8 Å². The fraction of sp³-hybridized carbons (Fsp3) is 0.917. The van der Waals surface area contributed by atoms with Crippen LogP contribution in [0.4, 0.5) is 4.79 Å². The van der Waals surface area contributed by atoms with E-state index in [2.05, 4.69) is 5.32 Å². The summed E-state index contributed by atoms with van der Waals surface area (Å²) in [4.78, 5) is 13.5. The van der Waals surface area contributed by atoms with Gasteiger partial charge in [0.1, 0.15) is 0 Å². The number of nitrogens with one attached hydrogen (secondary N) is 1. The van der Waals surface area contributed by atoms with Crippen LogP contribution in [0, 0.1) is 0 Å². The van der Waals surface area contributed by atoms with E-state index in [9.17, 15) is 4.79 Å². The van der Waals surface area contributed by atoms with Crippen LogP contribution in [0.3, 0.4) is 0 Å². The molecule has 2 amide bonds. The summed E-state index contributed by atoms with van der Waals surface area (Å²) in [6, 6.07) is 0.447. The van der Waals surface area contributed by atoms with Gasteiger partial charge in [-0.05, 0) is 32.1 Å². The molecule has 0 bridgehead atoms. The lowest BCUT2D eigenvalue weighted by atomic mass is 10.2. The number of rotatable bonds is 6. The minimum atomic E-state index is 0.0518. The molecular weight excluding hydrogens is 204 g/mol. The maximum Gasteiger partial charge on any atom is 0.317 e. The van der Waals surface area contributed by atoms with E-state index in [0.29, 0.717) is 6.04 Å². The molecule has 94 valence electrons. The van der Waals surface area contributed by atoms with E-state index >= 15 is 0 Å². The first-order chi connectivity index (χ1) is 7.74. The highest BCUT2D eigenvalue weighted by molar-refractivity contribution is 5.74. The van der Waals surface area contributed by atoms with Gasteiger partial charge in [-0.3, -0.25) is 0 Å². The van der Waals surface area contributed by atoms with Crippen LogP contribution < -0.4 is 5.32 Å². The normalized spacial score (nSPS) is 16.4. The summed E-state index contributed by atoms with van der Waals surface area (Å²) in [5.74, 6) is 0. The largest absolute Gasteiger partial charge is 0.396 e. The molecule has 0 aromatic rings. The van der Waals surface area contributed by atoms with Gasteiger partial charge in [-0.1, -0.05) is 12.8 Å². The summed E-state index contributed by atoms with van der Waals surface area (Å²) >= 11 is 0. The van der Waals surface area contributed by atoms with E-state index in [0.717, 1.165) is 38.6 Å². The molecule has 0 aromatic carbocycles. The van der Waals surface area contributed by atoms with Gasteiger partial charge in [0, 0.05) is 26.2 Å². The molecule has 0 spiro atoms. The van der Waals surface area contributed by atoms with Crippen molar-refractivity contribution in [3.63, 3.8) is 0 Å². The zero-order valence-corrected chi connectivity index (χ0v) is 10.2. The number of amides is 2. The van der Waals surface area contributed by atoms with Crippen LogP contribution in [0.5, 0.6) is 0 Å². The number of hydrogen-bond acceptors (Lipinski definition) is 2. The van der Waals surface area contributed by atoms with Crippen LogP contribution in [0.25, 0.3) is 0 Å². The number of nitrogens with zero attached hydrogens (tertiary/aromatic N) is 1. The van der Waals surface area contributed by atoms with Crippen molar-refractivity contribution >= 4 is 6.03 Å². The third-order valence-corrected chi connectivity index (χ3v) is 3.18. The number of aliphatic hydroxyl groups excluding tert-OH is 1. The van der Waals surface area contributed by atoms with Crippen molar-refractivity contribution < 1.29 is 9.90 Å². The summed E-state index contributed by atoms with van der Waals surface area (Å²) in [7, 11) is 1.84. The Labute approximate surface area is 98.0 Å². The Hall–Kier alpha value is -0.770. The summed E-state index contributed by atoms with van der Waals surface area (Å²) in [5, 5.41) is 11.7. The molecule has 0 radical (unpaired) electrons. The smallest absolute Gasteiger partial charge is 0.317 e. The van der Waals surface area contributed by atoms with E-state index < -0.39 is 0 Å². The van der Waals surface area contributed by atoms with Crippen LogP contribution in [0.2, 0.25) is 0 Å². The zero-order valence-electron chi connectivity index (χ0n) is 10.2. The van der Waals surface area contributed by atoms with Gasteiger partial charge in [0.05, 0.1) is 0 Å². The third kappa shape index (κ3) is 4.84.